The molecule has 0 bridgehead atoms. The van der Waals surface area contributed by atoms with Crippen molar-refractivity contribution >= 4 is 60.7 Å². The minimum absolute atomic E-state index is 0.109. The maximum atomic E-state index is 12.3. The van der Waals surface area contributed by atoms with Crippen molar-refractivity contribution in [3.8, 4) is 0 Å². The monoisotopic (exact) mass is 454 g/mol. The molecular formula is C17H15BrN2O4S2. The van der Waals surface area contributed by atoms with Crippen LogP contribution in [-0.2, 0) is 25.2 Å². The van der Waals surface area contributed by atoms with Gasteiger partial charge in [-0.05, 0) is 35.9 Å². The van der Waals surface area contributed by atoms with E-state index in [4.69, 9.17) is 0 Å². The van der Waals surface area contributed by atoms with Gasteiger partial charge >= 0.3 is 0 Å². The Morgan fingerprint density at radius 3 is 2.81 bits per heavy atom. The summed E-state index contributed by atoms with van der Waals surface area (Å²) in [6.07, 6.45) is 0. The summed E-state index contributed by atoms with van der Waals surface area (Å²) in [7, 11) is -3.60. The molecule has 0 saturated heterocycles. The zero-order valence-electron chi connectivity index (χ0n) is 13.5. The Morgan fingerprint density at radius 2 is 2.04 bits per heavy atom. The number of benzene rings is 2. The molecule has 1 aliphatic rings. The van der Waals surface area contributed by atoms with Crippen LogP contribution < -0.4 is 10.6 Å². The lowest BCUT2D eigenvalue weighted by Gasteiger charge is -2.17. The highest BCUT2D eigenvalue weighted by atomic mass is 79.9. The second-order valence-electron chi connectivity index (χ2n) is 5.76. The smallest absolute Gasteiger partial charge is 0.239 e. The highest BCUT2D eigenvalue weighted by molar-refractivity contribution is 9.10. The lowest BCUT2D eigenvalue weighted by molar-refractivity contribution is -0.114. The Labute approximate surface area is 163 Å². The van der Waals surface area contributed by atoms with Crippen LogP contribution in [0.2, 0.25) is 0 Å². The number of hydrogen-bond acceptors (Lipinski definition) is 5. The summed E-state index contributed by atoms with van der Waals surface area (Å²) < 4.78 is 25.3. The lowest BCUT2D eigenvalue weighted by atomic mass is 10.2. The first-order valence-electron chi connectivity index (χ1n) is 7.62. The minimum Gasteiger partial charge on any atom is -0.325 e. The molecule has 1 aliphatic heterocycles. The number of sulfone groups is 1. The van der Waals surface area contributed by atoms with Crippen molar-refractivity contribution in [3.05, 3.63) is 52.5 Å². The van der Waals surface area contributed by atoms with E-state index in [1.807, 2.05) is 0 Å². The summed E-state index contributed by atoms with van der Waals surface area (Å²) >= 11 is 4.71. The zero-order chi connectivity index (χ0) is 18.7. The first-order chi connectivity index (χ1) is 12.3. The third-order valence-corrected chi connectivity index (χ3v) is 6.56. The standard InChI is InChI=1S/C17H15BrN2O4S2/c18-12-3-1-2-11(6-12)9-26(23,24)10-17(22)19-13-4-5-15-14(7-13)20-16(21)8-25-15/h1-7H,8-10H2,(H,19,22)(H,20,21). The average Bonchev–Trinajstić information content (AvgIpc) is 2.53. The highest BCUT2D eigenvalue weighted by Crippen LogP contribution is 2.33. The Kier molecular flexibility index (Phi) is 5.69. The number of fused-ring (bicyclic) bond motifs is 1. The summed E-state index contributed by atoms with van der Waals surface area (Å²) in [5.74, 6) is -1.20. The van der Waals surface area contributed by atoms with Gasteiger partial charge < -0.3 is 10.6 Å². The van der Waals surface area contributed by atoms with Crippen LogP contribution in [0.4, 0.5) is 11.4 Å². The van der Waals surface area contributed by atoms with E-state index in [0.717, 1.165) is 9.37 Å². The Bertz CT molecular complexity index is 976. The molecule has 0 radical (unpaired) electrons. The molecule has 0 spiro atoms. The molecule has 1 heterocycles. The molecule has 0 unspecified atom stereocenters. The Balaban J connectivity index is 1.65. The molecule has 3 rings (SSSR count). The van der Waals surface area contributed by atoms with Crippen LogP contribution >= 0.6 is 27.7 Å². The second-order valence-corrected chi connectivity index (χ2v) is 9.76. The van der Waals surface area contributed by atoms with E-state index in [9.17, 15) is 18.0 Å². The summed E-state index contributed by atoms with van der Waals surface area (Å²) in [5, 5.41) is 5.30. The summed E-state index contributed by atoms with van der Waals surface area (Å²) in [5.41, 5.74) is 1.66. The van der Waals surface area contributed by atoms with Gasteiger partial charge in [-0.25, -0.2) is 8.42 Å². The maximum Gasteiger partial charge on any atom is 0.239 e. The number of carbonyl (C=O) groups is 2. The zero-order valence-corrected chi connectivity index (χ0v) is 16.7. The second kappa shape index (κ2) is 7.81. The molecule has 0 aliphatic carbocycles. The molecule has 2 N–H and O–H groups in total. The van der Waals surface area contributed by atoms with E-state index in [2.05, 4.69) is 26.6 Å². The van der Waals surface area contributed by atoms with Gasteiger partial charge in [0.05, 0.1) is 17.2 Å². The normalized spacial score (nSPS) is 13.7. The quantitative estimate of drug-likeness (QED) is 0.723. The van der Waals surface area contributed by atoms with E-state index in [0.29, 0.717) is 22.7 Å². The van der Waals surface area contributed by atoms with E-state index in [1.54, 1.807) is 42.5 Å². The average molecular weight is 455 g/mol. The lowest BCUT2D eigenvalue weighted by Crippen LogP contribution is -2.24. The van der Waals surface area contributed by atoms with Gasteiger partial charge in [-0.1, -0.05) is 28.1 Å². The summed E-state index contributed by atoms with van der Waals surface area (Å²) in [6, 6.07) is 12.0. The van der Waals surface area contributed by atoms with Gasteiger partial charge in [0.2, 0.25) is 11.8 Å². The van der Waals surface area contributed by atoms with E-state index in [-0.39, 0.29) is 11.7 Å². The van der Waals surface area contributed by atoms with Crippen molar-refractivity contribution in [1.29, 1.82) is 0 Å². The largest absolute Gasteiger partial charge is 0.325 e. The van der Waals surface area contributed by atoms with Crippen LogP contribution in [0.1, 0.15) is 5.56 Å². The molecule has 0 atom stereocenters. The van der Waals surface area contributed by atoms with Crippen molar-refractivity contribution in [1.82, 2.24) is 0 Å². The predicted octanol–water partition coefficient (Wildman–Crippen LogP) is 3.05. The first-order valence-corrected chi connectivity index (χ1v) is 11.2. The summed E-state index contributed by atoms with van der Waals surface area (Å²) in [4.78, 5) is 24.5. The van der Waals surface area contributed by atoms with Gasteiger partial charge in [-0.15, -0.1) is 11.8 Å². The van der Waals surface area contributed by atoms with Gasteiger partial charge in [0, 0.05) is 15.1 Å². The molecular weight excluding hydrogens is 440 g/mol. The van der Waals surface area contributed by atoms with Crippen LogP contribution in [0.15, 0.2) is 51.8 Å². The molecule has 26 heavy (non-hydrogen) atoms. The fourth-order valence-electron chi connectivity index (χ4n) is 2.49. The molecule has 6 nitrogen and oxygen atoms in total. The number of rotatable bonds is 5. The Hall–Kier alpha value is -1.84. The molecule has 0 saturated carbocycles. The van der Waals surface area contributed by atoms with Gasteiger partial charge in [0.1, 0.15) is 5.75 Å². The third kappa shape index (κ3) is 5.09. The van der Waals surface area contributed by atoms with Crippen molar-refractivity contribution in [3.63, 3.8) is 0 Å². The summed E-state index contributed by atoms with van der Waals surface area (Å²) in [6.45, 7) is 0. The number of amides is 2. The highest BCUT2D eigenvalue weighted by Gasteiger charge is 2.19. The molecule has 2 aromatic carbocycles. The number of carbonyl (C=O) groups excluding carboxylic acids is 2. The van der Waals surface area contributed by atoms with Crippen molar-refractivity contribution in [2.75, 3.05) is 22.1 Å². The number of anilines is 2. The van der Waals surface area contributed by atoms with Gasteiger partial charge in [0.25, 0.3) is 0 Å². The topological polar surface area (TPSA) is 92.3 Å². The van der Waals surface area contributed by atoms with Gasteiger partial charge in [-0.3, -0.25) is 9.59 Å². The minimum atomic E-state index is -3.60. The van der Waals surface area contributed by atoms with Crippen LogP contribution in [0.25, 0.3) is 0 Å². The SMILES string of the molecule is O=C(CS(=O)(=O)Cc1cccc(Br)c1)Nc1ccc2c(c1)NC(=O)CS2. The fraction of sp³-hybridized carbons (Fsp3) is 0.176. The molecule has 136 valence electrons. The van der Waals surface area contributed by atoms with E-state index >= 15 is 0 Å². The van der Waals surface area contributed by atoms with Crippen LogP contribution in [0.3, 0.4) is 0 Å². The van der Waals surface area contributed by atoms with Crippen molar-refractivity contribution in [2.24, 2.45) is 0 Å². The number of thioether (sulfide) groups is 1. The fourth-order valence-corrected chi connectivity index (χ4v) is 4.99. The van der Waals surface area contributed by atoms with E-state index < -0.39 is 21.5 Å². The predicted molar refractivity (Wildman–Crippen MR) is 106 cm³/mol. The molecule has 2 aromatic rings. The number of halogens is 1. The van der Waals surface area contributed by atoms with Crippen molar-refractivity contribution in [2.45, 2.75) is 10.6 Å². The Morgan fingerprint density at radius 1 is 1.23 bits per heavy atom. The maximum absolute atomic E-state index is 12.3. The molecule has 0 aromatic heterocycles. The van der Waals surface area contributed by atoms with Gasteiger partial charge in [0.15, 0.2) is 9.84 Å². The van der Waals surface area contributed by atoms with E-state index in [1.165, 1.54) is 11.8 Å². The number of nitrogens with one attached hydrogen (secondary N) is 2. The third-order valence-electron chi connectivity index (χ3n) is 3.52. The first kappa shape index (κ1) is 18.9. The van der Waals surface area contributed by atoms with Crippen LogP contribution in [-0.4, -0.2) is 31.7 Å². The van der Waals surface area contributed by atoms with Crippen molar-refractivity contribution < 1.29 is 18.0 Å². The van der Waals surface area contributed by atoms with Crippen LogP contribution in [0, 0.1) is 0 Å². The molecule has 0 fully saturated rings. The van der Waals surface area contributed by atoms with Gasteiger partial charge in [-0.2, -0.15) is 0 Å². The molecule has 2 amide bonds. The molecule has 9 heteroatoms. The van der Waals surface area contributed by atoms with Crippen LogP contribution in [0.5, 0.6) is 0 Å². The number of hydrogen-bond donors (Lipinski definition) is 2.